The molecule has 0 saturated heterocycles. The number of carbonyl (C=O) groups is 1. The topological polar surface area (TPSA) is 88.1 Å². The predicted molar refractivity (Wildman–Crippen MR) is 141 cm³/mol. The molecule has 9 heteroatoms. The van der Waals surface area contributed by atoms with Crippen molar-refractivity contribution in [3.05, 3.63) is 126 Å². The van der Waals surface area contributed by atoms with Crippen LogP contribution in [0, 0.1) is 5.82 Å². The molecule has 37 heavy (non-hydrogen) atoms. The maximum absolute atomic E-state index is 13.8. The molecule has 0 aliphatic heterocycles. The van der Waals surface area contributed by atoms with E-state index in [9.17, 15) is 17.6 Å². The molecule has 1 amide bonds. The Morgan fingerprint density at radius 3 is 2.24 bits per heavy atom. The highest BCUT2D eigenvalue weighted by Gasteiger charge is 2.28. The molecule has 1 N–H and O–H groups in total. The van der Waals surface area contributed by atoms with Crippen LogP contribution < -0.4 is 14.5 Å². The Hall–Kier alpha value is -4.50. The first-order chi connectivity index (χ1) is 17.9. The Bertz CT molecular complexity index is 1490. The second-order valence-electron chi connectivity index (χ2n) is 7.94. The summed E-state index contributed by atoms with van der Waals surface area (Å²) in [6, 6.07) is 27.1. The van der Waals surface area contributed by atoms with Crippen LogP contribution in [0.4, 0.5) is 10.1 Å². The number of methoxy groups -OCH3 is 1. The minimum atomic E-state index is -4.08. The number of nitrogens with zero attached hydrogens (tertiary/aromatic N) is 2. The number of halogens is 1. The molecular weight excluding hydrogens is 493 g/mol. The Morgan fingerprint density at radius 1 is 0.919 bits per heavy atom. The van der Waals surface area contributed by atoms with Gasteiger partial charge in [0, 0.05) is 0 Å². The van der Waals surface area contributed by atoms with Gasteiger partial charge < -0.3 is 4.74 Å². The molecule has 0 aromatic heterocycles. The van der Waals surface area contributed by atoms with Gasteiger partial charge in [0.05, 0.1) is 36.0 Å². The molecule has 0 aliphatic carbocycles. The molecule has 0 atom stereocenters. The Morgan fingerprint density at radius 2 is 1.57 bits per heavy atom. The summed E-state index contributed by atoms with van der Waals surface area (Å²) >= 11 is 0. The second-order valence-corrected chi connectivity index (χ2v) is 9.80. The molecule has 188 valence electrons. The first-order valence-electron chi connectivity index (χ1n) is 11.3. The van der Waals surface area contributed by atoms with Crippen molar-refractivity contribution in [3.8, 4) is 5.75 Å². The molecule has 0 radical (unpaired) electrons. The summed E-state index contributed by atoms with van der Waals surface area (Å²) in [5.74, 6) is -0.462. The predicted octanol–water partition coefficient (Wildman–Crippen LogP) is 4.99. The quantitative estimate of drug-likeness (QED) is 0.250. The number of hydrazone groups is 1. The summed E-state index contributed by atoms with van der Waals surface area (Å²) in [5.41, 5.74) is 4.06. The molecule has 0 fully saturated rings. The van der Waals surface area contributed by atoms with Crippen molar-refractivity contribution in [2.45, 2.75) is 11.4 Å². The number of nitrogens with one attached hydrogen (secondary N) is 1. The molecule has 4 aromatic rings. The first kappa shape index (κ1) is 25.6. The third-order valence-corrected chi connectivity index (χ3v) is 7.26. The van der Waals surface area contributed by atoms with Crippen LogP contribution in [-0.4, -0.2) is 27.6 Å². The molecule has 0 unspecified atom stereocenters. The molecule has 4 rings (SSSR count). The number of ether oxygens (including phenoxy) is 1. The third-order valence-electron chi connectivity index (χ3n) is 5.48. The average Bonchev–Trinajstić information content (AvgIpc) is 2.93. The van der Waals surface area contributed by atoms with Gasteiger partial charge in [-0.05, 0) is 59.7 Å². The minimum absolute atomic E-state index is 0.00164. The summed E-state index contributed by atoms with van der Waals surface area (Å²) in [6.07, 6.45) is 1.37. The van der Waals surface area contributed by atoms with E-state index in [1.165, 1.54) is 60.1 Å². The first-order valence-corrected chi connectivity index (χ1v) is 12.7. The molecule has 0 bridgehead atoms. The van der Waals surface area contributed by atoms with Crippen molar-refractivity contribution >= 4 is 27.8 Å². The van der Waals surface area contributed by atoms with Gasteiger partial charge in [0.2, 0.25) is 0 Å². The van der Waals surface area contributed by atoms with Gasteiger partial charge >= 0.3 is 0 Å². The fourth-order valence-corrected chi connectivity index (χ4v) is 5.05. The average molecular weight is 518 g/mol. The van der Waals surface area contributed by atoms with Gasteiger partial charge in [-0.1, -0.05) is 54.6 Å². The molecule has 0 heterocycles. The number of rotatable bonds is 9. The van der Waals surface area contributed by atoms with Crippen molar-refractivity contribution in [2.24, 2.45) is 5.10 Å². The van der Waals surface area contributed by atoms with Gasteiger partial charge in [-0.15, -0.1) is 0 Å². The van der Waals surface area contributed by atoms with E-state index < -0.39 is 15.9 Å². The number of hydrogen-bond donors (Lipinski definition) is 1. The van der Waals surface area contributed by atoms with E-state index in [0.717, 1.165) is 5.56 Å². The lowest BCUT2D eigenvalue weighted by Gasteiger charge is -2.26. The summed E-state index contributed by atoms with van der Waals surface area (Å²) in [7, 11) is -2.58. The monoisotopic (exact) mass is 517 g/mol. The Balaban J connectivity index is 1.70. The van der Waals surface area contributed by atoms with Gasteiger partial charge in [-0.25, -0.2) is 18.2 Å². The lowest BCUT2D eigenvalue weighted by atomic mass is 10.1. The van der Waals surface area contributed by atoms with E-state index in [1.807, 2.05) is 30.3 Å². The number of para-hydroxylation sites is 1. The van der Waals surface area contributed by atoms with E-state index in [-0.39, 0.29) is 28.5 Å². The fourth-order valence-electron chi connectivity index (χ4n) is 3.58. The number of sulfonamides is 1. The van der Waals surface area contributed by atoms with Crippen LogP contribution in [0.15, 0.2) is 113 Å². The highest BCUT2D eigenvalue weighted by molar-refractivity contribution is 7.92. The van der Waals surface area contributed by atoms with Crippen LogP contribution >= 0.6 is 0 Å². The van der Waals surface area contributed by atoms with Gasteiger partial charge in [0.1, 0.15) is 11.6 Å². The molecular formula is C28H24FN3O4S. The summed E-state index contributed by atoms with van der Waals surface area (Å²) in [4.78, 5) is 13.1. The van der Waals surface area contributed by atoms with Crippen LogP contribution in [0.3, 0.4) is 0 Å². The van der Waals surface area contributed by atoms with Gasteiger partial charge in [-0.2, -0.15) is 5.10 Å². The van der Waals surface area contributed by atoms with Crippen molar-refractivity contribution in [1.82, 2.24) is 5.43 Å². The number of anilines is 1. The molecule has 0 aliphatic rings. The van der Waals surface area contributed by atoms with Crippen LogP contribution in [0.2, 0.25) is 0 Å². The maximum Gasteiger partial charge on any atom is 0.273 e. The number of hydrogen-bond acceptors (Lipinski definition) is 5. The van der Waals surface area contributed by atoms with Crippen LogP contribution in [0.25, 0.3) is 0 Å². The zero-order chi connectivity index (χ0) is 26.3. The third kappa shape index (κ3) is 6.20. The van der Waals surface area contributed by atoms with Gasteiger partial charge in [-0.3, -0.25) is 9.10 Å². The highest BCUT2D eigenvalue weighted by Crippen LogP contribution is 2.30. The van der Waals surface area contributed by atoms with Crippen molar-refractivity contribution in [3.63, 3.8) is 0 Å². The summed E-state index contributed by atoms with van der Waals surface area (Å²) in [5, 5.41) is 3.94. The number of amides is 1. The lowest BCUT2D eigenvalue weighted by Crippen LogP contribution is -2.33. The van der Waals surface area contributed by atoms with E-state index in [1.54, 1.807) is 30.3 Å². The number of carbonyl (C=O) groups excluding carboxylic acids is 1. The summed E-state index contributed by atoms with van der Waals surface area (Å²) < 4.78 is 47.1. The van der Waals surface area contributed by atoms with Gasteiger partial charge in [0.25, 0.3) is 15.9 Å². The maximum atomic E-state index is 13.8. The van der Waals surface area contributed by atoms with Crippen molar-refractivity contribution in [1.29, 1.82) is 0 Å². The van der Waals surface area contributed by atoms with Crippen LogP contribution in [0.5, 0.6) is 5.75 Å². The van der Waals surface area contributed by atoms with E-state index in [0.29, 0.717) is 11.3 Å². The smallest absolute Gasteiger partial charge is 0.273 e. The van der Waals surface area contributed by atoms with Gasteiger partial charge in [0.15, 0.2) is 0 Å². The molecule has 4 aromatic carbocycles. The van der Waals surface area contributed by atoms with E-state index >= 15 is 0 Å². The zero-order valence-electron chi connectivity index (χ0n) is 19.9. The standard InChI is InChI=1S/C28H24FN3O4S/c1-36-24-15-17-25(18-16-24)37(34,35)32(20-22-7-3-2-4-8-22)27-10-6-5-9-26(27)28(33)31-30-19-21-11-13-23(29)14-12-21/h2-19H,20H2,1H3,(H,31,33)/b30-19+. The highest BCUT2D eigenvalue weighted by atomic mass is 32.2. The van der Waals surface area contributed by atoms with Crippen LogP contribution in [0.1, 0.15) is 21.5 Å². The second kappa shape index (κ2) is 11.5. The SMILES string of the molecule is COc1ccc(S(=O)(=O)N(Cc2ccccc2)c2ccccc2C(=O)N/N=C/c2ccc(F)cc2)cc1. The molecule has 0 spiro atoms. The lowest BCUT2D eigenvalue weighted by molar-refractivity contribution is 0.0955. The normalized spacial score (nSPS) is 11.3. The molecule has 7 nitrogen and oxygen atoms in total. The molecule has 0 saturated carbocycles. The largest absolute Gasteiger partial charge is 0.497 e. The Labute approximate surface area is 214 Å². The van der Waals surface area contributed by atoms with Crippen molar-refractivity contribution < 1.29 is 22.3 Å². The van der Waals surface area contributed by atoms with Crippen LogP contribution in [-0.2, 0) is 16.6 Å². The summed E-state index contributed by atoms with van der Waals surface area (Å²) in [6.45, 7) is -0.00164. The Kier molecular flexibility index (Phi) is 7.95. The fraction of sp³-hybridized carbons (Fsp3) is 0.0714. The minimum Gasteiger partial charge on any atom is -0.497 e. The van der Waals surface area contributed by atoms with E-state index in [2.05, 4.69) is 10.5 Å². The zero-order valence-corrected chi connectivity index (χ0v) is 20.7. The number of benzene rings is 4. The van der Waals surface area contributed by atoms with Crippen molar-refractivity contribution in [2.75, 3.05) is 11.4 Å². The van der Waals surface area contributed by atoms with E-state index in [4.69, 9.17) is 4.74 Å².